The van der Waals surface area contributed by atoms with Gasteiger partial charge in [0.25, 0.3) is 0 Å². The average molecular weight is 400 g/mol. The molecule has 0 aliphatic carbocycles. The van der Waals surface area contributed by atoms with Gasteiger partial charge in [-0.2, -0.15) is 0 Å². The lowest BCUT2D eigenvalue weighted by Crippen LogP contribution is -2.56. The van der Waals surface area contributed by atoms with E-state index in [2.05, 4.69) is 15.0 Å². The highest BCUT2D eigenvalue weighted by Gasteiger charge is 2.58. The maximum Gasteiger partial charge on any atom is 0.245 e. The summed E-state index contributed by atoms with van der Waals surface area (Å²) in [5.74, 6) is -0.0733. The second-order valence-corrected chi connectivity index (χ2v) is 9.43. The largest absolute Gasteiger partial charge is 0.377 e. The van der Waals surface area contributed by atoms with Crippen molar-refractivity contribution in [3.8, 4) is 10.4 Å². The second-order valence-electron chi connectivity index (χ2n) is 5.83. The summed E-state index contributed by atoms with van der Waals surface area (Å²) in [6, 6.07) is 1.76. The van der Waals surface area contributed by atoms with E-state index in [9.17, 15) is 8.42 Å². The zero-order valence-corrected chi connectivity index (χ0v) is 15.5. The molecule has 0 aromatic carbocycles. The summed E-state index contributed by atoms with van der Waals surface area (Å²) in [6.07, 6.45) is 4.78. The number of nitrogens with zero attached hydrogens (tertiary/aromatic N) is 4. The number of fused-ring (bicyclic) bond motifs is 1. The maximum atomic E-state index is 12.8. The van der Waals surface area contributed by atoms with E-state index in [0.29, 0.717) is 9.90 Å². The van der Waals surface area contributed by atoms with Crippen molar-refractivity contribution in [2.24, 2.45) is 10.7 Å². The van der Waals surface area contributed by atoms with Crippen LogP contribution in [0.4, 0.5) is 0 Å². The lowest BCUT2D eigenvalue weighted by Gasteiger charge is -2.37. The molecule has 8 nitrogen and oxygen atoms in total. The van der Waals surface area contributed by atoms with Crippen LogP contribution in [-0.4, -0.2) is 54.2 Å². The fourth-order valence-electron chi connectivity index (χ4n) is 3.08. The van der Waals surface area contributed by atoms with Crippen LogP contribution in [0.5, 0.6) is 0 Å². The number of nitrogens with two attached hydrogens (primary N) is 1. The van der Waals surface area contributed by atoms with Gasteiger partial charge in [-0.15, -0.1) is 11.3 Å². The monoisotopic (exact) mass is 399 g/mol. The van der Waals surface area contributed by atoms with Gasteiger partial charge in [-0.1, -0.05) is 11.6 Å². The molecule has 0 amide bonds. The van der Waals surface area contributed by atoms with Crippen molar-refractivity contribution in [3.63, 3.8) is 0 Å². The van der Waals surface area contributed by atoms with E-state index >= 15 is 0 Å². The van der Waals surface area contributed by atoms with Gasteiger partial charge in [-0.25, -0.2) is 27.7 Å². The van der Waals surface area contributed by atoms with Crippen LogP contribution in [0, 0.1) is 0 Å². The summed E-state index contributed by atoms with van der Waals surface area (Å²) in [6.45, 7) is 0.151. The highest BCUT2D eigenvalue weighted by molar-refractivity contribution is 7.90. The number of sulfonamides is 1. The van der Waals surface area contributed by atoms with Crippen LogP contribution >= 0.6 is 22.9 Å². The predicted octanol–water partition coefficient (Wildman–Crippen LogP) is 1.04. The lowest BCUT2D eigenvalue weighted by atomic mass is 9.96. The first-order chi connectivity index (χ1) is 11.9. The quantitative estimate of drug-likeness (QED) is 0.807. The fraction of sp³-hybridized carbons (Fsp3) is 0.357. The second kappa shape index (κ2) is 5.63. The number of aromatic nitrogens is 2. The third-order valence-electron chi connectivity index (χ3n) is 4.43. The Morgan fingerprint density at radius 2 is 2.16 bits per heavy atom. The number of guanidine groups is 1. The molecular weight excluding hydrogens is 386 g/mol. The molecule has 25 heavy (non-hydrogen) atoms. The zero-order chi connectivity index (χ0) is 17.8. The molecule has 0 saturated carbocycles. The number of rotatable bonds is 2. The summed E-state index contributed by atoms with van der Waals surface area (Å²) < 4.78 is 32.1. The highest BCUT2D eigenvalue weighted by Crippen LogP contribution is 2.49. The number of halogens is 1. The van der Waals surface area contributed by atoms with Gasteiger partial charge in [0, 0.05) is 29.9 Å². The third-order valence-corrected chi connectivity index (χ3v) is 8.38. The SMILES string of the molecule is CN1C(N)=NC2(c3sc(-c4cncnc4)cc3Cl)COCC2S1(=O)=O. The number of ether oxygens (including phenoxy) is 1. The Morgan fingerprint density at radius 3 is 2.88 bits per heavy atom. The predicted molar refractivity (Wildman–Crippen MR) is 94.9 cm³/mol. The highest BCUT2D eigenvalue weighted by atomic mass is 35.5. The van der Waals surface area contributed by atoms with Crippen LogP contribution in [0.15, 0.2) is 29.8 Å². The molecule has 2 aromatic heterocycles. The Morgan fingerprint density at radius 1 is 1.44 bits per heavy atom. The van der Waals surface area contributed by atoms with Crippen molar-refractivity contribution in [3.05, 3.63) is 34.7 Å². The standard InChI is InChI=1S/C14H14ClN5O3S2/c1-20-13(16)19-14(6-23-5-11(14)25(20,21)22)12-9(15)2-10(24-12)8-3-17-7-18-4-8/h2-4,7,11H,5-6H2,1H3,(H2,16,19). The molecule has 2 aromatic rings. The van der Waals surface area contributed by atoms with E-state index in [0.717, 1.165) is 14.7 Å². The molecule has 1 fully saturated rings. The Labute approximate surface area is 153 Å². The summed E-state index contributed by atoms with van der Waals surface area (Å²) in [7, 11) is -2.30. The van der Waals surface area contributed by atoms with Crippen molar-refractivity contribution in [2.75, 3.05) is 20.3 Å². The Kier molecular flexibility index (Phi) is 3.76. The molecule has 0 radical (unpaired) electrons. The van der Waals surface area contributed by atoms with Gasteiger partial charge >= 0.3 is 0 Å². The summed E-state index contributed by atoms with van der Waals surface area (Å²) >= 11 is 7.82. The van der Waals surface area contributed by atoms with Gasteiger partial charge in [0.2, 0.25) is 16.0 Å². The maximum absolute atomic E-state index is 12.8. The minimum absolute atomic E-state index is 0.0431. The first kappa shape index (κ1) is 16.7. The number of aliphatic imine (C=N–C) groups is 1. The molecule has 2 aliphatic heterocycles. The summed E-state index contributed by atoms with van der Waals surface area (Å²) in [5.41, 5.74) is 5.54. The lowest BCUT2D eigenvalue weighted by molar-refractivity contribution is 0.179. The van der Waals surface area contributed by atoms with Gasteiger partial charge in [-0.3, -0.25) is 0 Å². The smallest absolute Gasteiger partial charge is 0.245 e. The van der Waals surface area contributed by atoms with E-state index in [1.54, 1.807) is 18.5 Å². The molecule has 4 heterocycles. The summed E-state index contributed by atoms with van der Waals surface area (Å²) in [5, 5.41) is -0.441. The van der Waals surface area contributed by atoms with Gasteiger partial charge in [0.15, 0.2) is 0 Å². The van der Waals surface area contributed by atoms with Crippen molar-refractivity contribution in [1.82, 2.24) is 14.3 Å². The molecule has 2 atom stereocenters. The molecule has 11 heteroatoms. The molecule has 2 N–H and O–H groups in total. The number of hydrogen-bond donors (Lipinski definition) is 1. The van der Waals surface area contributed by atoms with Crippen LogP contribution in [-0.2, 0) is 20.3 Å². The van der Waals surface area contributed by atoms with Crippen LogP contribution in [0.25, 0.3) is 10.4 Å². The number of hydrogen-bond acceptors (Lipinski definition) is 8. The Bertz CT molecular complexity index is 962. The van der Waals surface area contributed by atoms with Crippen molar-refractivity contribution < 1.29 is 13.2 Å². The van der Waals surface area contributed by atoms with E-state index < -0.39 is 20.8 Å². The topological polar surface area (TPSA) is 111 Å². The first-order valence-electron chi connectivity index (χ1n) is 7.32. The number of thiophene rings is 1. The first-order valence-corrected chi connectivity index (χ1v) is 10.0. The molecule has 1 saturated heterocycles. The Balaban J connectivity index is 1.90. The Hall–Kier alpha value is -1.75. The molecule has 132 valence electrons. The molecule has 0 spiro atoms. The van der Waals surface area contributed by atoms with Gasteiger partial charge in [-0.05, 0) is 6.07 Å². The van der Waals surface area contributed by atoms with Crippen LogP contribution in [0.3, 0.4) is 0 Å². The van der Waals surface area contributed by atoms with E-state index in [4.69, 9.17) is 22.1 Å². The van der Waals surface area contributed by atoms with Gasteiger partial charge in [0.05, 0.1) is 23.1 Å². The third kappa shape index (κ3) is 2.35. The van der Waals surface area contributed by atoms with E-state index in [-0.39, 0.29) is 19.2 Å². The van der Waals surface area contributed by atoms with Crippen LogP contribution in [0.1, 0.15) is 4.88 Å². The van der Waals surface area contributed by atoms with E-state index in [1.807, 2.05) is 0 Å². The molecule has 0 bridgehead atoms. The van der Waals surface area contributed by atoms with Crippen LogP contribution in [0.2, 0.25) is 5.02 Å². The normalized spacial score (nSPS) is 27.8. The van der Waals surface area contributed by atoms with Crippen molar-refractivity contribution >= 4 is 38.9 Å². The van der Waals surface area contributed by atoms with Gasteiger partial charge < -0.3 is 10.5 Å². The zero-order valence-electron chi connectivity index (χ0n) is 13.1. The summed E-state index contributed by atoms with van der Waals surface area (Å²) in [4.78, 5) is 13.9. The van der Waals surface area contributed by atoms with E-state index in [1.165, 1.54) is 24.7 Å². The molecule has 4 rings (SSSR count). The van der Waals surface area contributed by atoms with Crippen molar-refractivity contribution in [1.29, 1.82) is 0 Å². The molecular formula is C14H14ClN5O3S2. The molecule has 2 aliphatic rings. The fourth-order valence-corrected chi connectivity index (χ4v) is 6.49. The molecule has 2 unspecified atom stereocenters. The van der Waals surface area contributed by atoms with Crippen molar-refractivity contribution in [2.45, 2.75) is 10.8 Å². The minimum Gasteiger partial charge on any atom is -0.377 e. The van der Waals surface area contributed by atoms with Crippen LogP contribution < -0.4 is 5.73 Å². The minimum atomic E-state index is -3.69. The average Bonchev–Trinajstić information content (AvgIpc) is 3.19. The van der Waals surface area contributed by atoms with Gasteiger partial charge in [0.1, 0.15) is 17.1 Å².